The van der Waals surface area contributed by atoms with Crippen molar-refractivity contribution in [3.8, 4) is 0 Å². The summed E-state index contributed by atoms with van der Waals surface area (Å²) >= 11 is 6.11. The predicted molar refractivity (Wildman–Crippen MR) is 113 cm³/mol. The number of carbonyl (C=O) groups excluding carboxylic acids is 1. The molecular formula is C22H22ClFN4O2. The lowest BCUT2D eigenvalue weighted by Crippen LogP contribution is -2.57. The standard InChI is InChI=1S/C22H22ClFN4O2/c1-14-12-28(15(2)11-27(14)13-16-3-6-19(24)7-4-16)21(29)8-5-17-9-18(23)10-20-22(17)26-30-25-20/h3-10,14-15H,11-13H2,1-2H3. The summed E-state index contributed by atoms with van der Waals surface area (Å²) in [5.41, 5.74) is 2.85. The highest BCUT2D eigenvalue weighted by Crippen LogP contribution is 2.23. The van der Waals surface area contributed by atoms with Gasteiger partial charge in [0.25, 0.3) is 0 Å². The van der Waals surface area contributed by atoms with E-state index in [0.29, 0.717) is 28.2 Å². The zero-order valence-corrected chi connectivity index (χ0v) is 17.5. The van der Waals surface area contributed by atoms with Crippen LogP contribution in [0.2, 0.25) is 5.02 Å². The molecule has 1 fully saturated rings. The monoisotopic (exact) mass is 428 g/mol. The molecule has 0 spiro atoms. The Kier molecular flexibility index (Phi) is 5.83. The van der Waals surface area contributed by atoms with Crippen LogP contribution in [0.5, 0.6) is 0 Å². The molecule has 1 aliphatic rings. The van der Waals surface area contributed by atoms with Gasteiger partial charge in [-0.3, -0.25) is 9.69 Å². The van der Waals surface area contributed by atoms with E-state index in [1.165, 1.54) is 12.1 Å². The van der Waals surface area contributed by atoms with E-state index in [1.807, 2.05) is 11.8 Å². The summed E-state index contributed by atoms with van der Waals surface area (Å²) in [6.07, 6.45) is 3.24. The summed E-state index contributed by atoms with van der Waals surface area (Å²) in [5, 5.41) is 8.18. The van der Waals surface area contributed by atoms with Crippen molar-refractivity contribution in [2.24, 2.45) is 0 Å². The number of hydrogen-bond donors (Lipinski definition) is 0. The van der Waals surface area contributed by atoms with Gasteiger partial charge in [-0.15, -0.1) is 0 Å². The first-order chi connectivity index (χ1) is 14.4. The maximum atomic E-state index is 13.1. The first-order valence-electron chi connectivity index (χ1n) is 9.79. The second-order valence-corrected chi connectivity index (χ2v) is 8.14. The lowest BCUT2D eigenvalue weighted by Gasteiger charge is -2.43. The number of amides is 1. The summed E-state index contributed by atoms with van der Waals surface area (Å²) in [5.74, 6) is -0.305. The maximum Gasteiger partial charge on any atom is 0.246 e. The van der Waals surface area contributed by atoms with Crippen LogP contribution < -0.4 is 0 Å². The van der Waals surface area contributed by atoms with E-state index in [0.717, 1.165) is 18.7 Å². The van der Waals surface area contributed by atoms with Crippen molar-refractivity contribution in [2.45, 2.75) is 32.5 Å². The van der Waals surface area contributed by atoms with Crippen LogP contribution in [0.15, 0.2) is 47.1 Å². The molecule has 1 saturated heterocycles. The van der Waals surface area contributed by atoms with Gasteiger partial charge < -0.3 is 4.90 Å². The normalized spacial score (nSPS) is 20.3. The van der Waals surface area contributed by atoms with Gasteiger partial charge in [-0.1, -0.05) is 23.7 Å². The van der Waals surface area contributed by atoms with Crippen LogP contribution in [0.1, 0.15) is 25.0 Å². The fourth-order valence-corrected chi connectivity index (χ4v) is 4.03. The summed E-state index contributed by atoms with van der Waals surface area (Å²) in [7, 11) is 0. The zero-order valence-electron chi connectivity index (χ0n) is 16.8. The topological polar surface area (TPSA) is 62.5 Å². The minimum Gasteiger partial charge on any atom is -0.334 e. The molecule has 3 aromatic rings. The van der Waals surface area contributed by atoms with E-state index in [1.54, 1.807) is 36.4 Å². The Morgan fingerprint density at radius 1 is 1.20 bits per heavy atom. The molecule has 4 rings (SSSR count). The van der Waals surface area contributed by atoms with Crippen molar-refractivity contribution in [3.63, 3.8) is 0 Å². The SMILES string of the molecule is CC1CN(C(=O)C=Cc2cc(Cl)cc3nonc23)C(C)CN1Cc1ccc(F)cc1. The highest BCUT2D eigenvalue weighted by Gasteiger charge is 2.31. The Hall–Kier alpha value is -2.77. The van der Waals surface area contributed by atoms with Crippen LogP contribution in [-0.4, -0.2) is 51.2 Å². The molecule has 2 heterocycles. The Bertz CT molecular complexity index is 1080. The molecule has 0 bridgehead atoms. The van der Waals surface area contributed by atoms with Gasteiger partial charge in [0.05, 0.1) is 0 Å². The molecule has 1 aromatic heterocycles. The Balaban J connectivity index is 1.44. The second kappa shape index (κ2) is 8.53. The Labute approximate surface area is 178 Å². The summed E-state index contributed by atoms with van der Waals surface area (Å²) < 4.78 is 17.9. The van der Waals surface area contributed by atoms with Crippen molar-refractivity contribution in [1.82, 2.24) is 20.1 Å². The average molecular weight is 429 g/mol. The molecule has 0 aliphatic carbocycles. The molecule has 8 heteroatoms. The largest absolute Gasteiger partial charge is 0.334 e. The highest BCUT2D eigenvalue weighted by atomic mass is 35.5. The quantitative estimate of drug-likeness (QED) is 0.584. The first-order valence-corrected chi connectivity index (χ1v) is 10.2. The molecule has 1 aliphatic heterocycles. The van der Waals surface area contributed by atoms with Gasteiger partial charge in [-0.25, -0.2) is 9.02 Å². The number of benzene rings is 2. The number of aromatic nitrogens is 2. The van der Waals surface area contributed by atoms with Crippen LogP contribution in [0.25, 0.3) is 17.1 Å². The molecule has 0 radical (unpaired) electrons. The van der Waals surface area contributed by atoms with Crippen molar-refractivity contribution in [1.29, 1.82) is 0 Å². The summed E-state index contributed by atoms with van der Waals surface area (Å²) in [6.45, 7) is 6.22. The number of fused-ring (bicyclic) bond motifs is 1. The average Bonchev–Trinajstić information content (AvgIpc) is 3.18. The van der Waals surface area contributed by atoms with E-state index in [9.17, 15) is 9.18 Å². The molecule has 0 N–H and O–H groups in total. The van der Waals surface area contributed by atoms with Crippen LogP contribution in [-0.2, 0) is 11.3 Å². The Morgan fingerprint density at radius 3 is 2.73 bits per heavy atom. The molecular weight excluding hydrogens is 407 g/mol. The second-order valence-electron chi connectivity index (χ2n) is 7.70. The first kappa shape index (κ1) is 20.5. The molecule has 1 amide bonds. The number of halogens is 2. The molecule has 6 nitrogen and oxygen atoms in total. The van der Waals surface area contributed by atoms with Gasteiger partial charge in [0.2, 0.25) is 5.91 Å². The lowest BCUT2D eigenvalue weighted by atomic mass is 10.1. The predicted octanol–water partition coefficient (Wildman–Crippen LogP) is 4.15. The third-order valence-corrected chi connectivity index (χ3v) is 5.68. The number of hydrogen-bond acceptors (Lipinski definition) is 5. The van der Waals surface area contributed by atoms with Crippen molar-refractivity contribution in [2.75, 3.05) is 13.1 Å². The van der Waals surface area contributed by atoms with Crippen LogP contribution >= 0.6 is 11.6 Å². The van der Waals surface area contributed by atoms with Crippen LogP contribution in [0.3, 0.4) is 0 Å². The Morgan fingerprint density at radius 2 is 1.97 bits per heavy atom. The maximum absolute atomic E-state index is 13.1. The smallest absolute Gasteiger partial charge is 0.246 e. The summed E-state index contributed by atoms with van der Waals surface area (Å²) in [4.78, 5) is 17.1. The van der Waals surface area contributed by atoms with Gasteiger partial charge in [0.1, 0.15) is 16.9 Å². The number of piperazine rings is 1. The molecule has 0 saturated carbocycles. The van der Waals surface area contributed by atoms with Crippen LogP contribution in [0, 0.1) is 5.82 Å². The molecule has 2 atom stereocenters. The van der Waals surface area contributed by atoms with Crippen LogP contribution in [0.4, 0.5) is 4.39 Å². The van der Waals surface area contributed by atoms with Crippen molar-refractivity contribution >= 4 is 34.6 Å². The van der Waals surface area contributed by atoms with Gasteiger partial charge in [-0.2, -0.15) is 0 Å². The highest BCUT2D eigenvalue weighted by molar-refractivity contribution is 6.31. The fourth-order valence-electron chi connectivity index (χ4n) is 3.81. The number of carbonyl (C=O) groups is 1. The lowest BCUT2D eigenvalue weighted by molar-refractivity contribution is -0.131. The number of nitrogens with zero attached hydrogens (tertiary/aromatic N) is 4. The molecule has 156 valence electrons. The third kappa shape index (κ3) is 4.37. The van der Waals surface area contributed by atoms with E-state index in [4.69, 9.17) is 16.2 Å². The van der Waals surface area contributed by atoms with Gasteiger partial charge in [0.15, 0.2) is 0 Å². The zero-order chi connectivity index (χ0) is 21.3. The van der Waals surface area contributed by atoms with E-state index >= 15 is 0 Å². The van der Waals surface area contributed by atoms with Gasteiger partial charge >= 0.3 is 0 Å². The third-order valence-electron chi connectivity index (χ3n) is 5.46. The minimum absolute atomic E-state index is 0.0481. The minimum atomic E-state index is -0.235. The molecule has 30 heavy (non-hydrogen) atoms. The summed E-state index contributed by atoms with van der Waals surface area (Å²) in [6, 6.07) is 10.2. The van der Waals surface area contributed by atoms with Gasteiger partial charge in [-0.05, 0) is 60.1 Å². The number of rotatable bonds is 4. The van der Waals surface area contributed by atoms with Crippen molar-refractivity contribution < 1.29 is 13.8 Å². The van der Waals surface area contributed by atoms with Gasteiger partial charge in [0, 0.05) is 48.4 Å². The fraction of sp³-hybridized carbons (Fsp3) is 0.318. The van der Waals surface area contributed by atoms with E-state index in [-0.39, 0.29) is 23.8 Å². The van der Waals surface area contributed by atoms with Crippen molar-refractivity contribution in [3.05, 3.63) is 64.4 Å². The van der Waals surface area contributed by atoms with E-state index in [2.05, 4.69) is 22.1 Å². The molecule has 2 aromatic carbocycles. The van der Waals surface area contributed by atoms with E-state index < -0.39 is 0 Å². The molecule has 2 unspecified atom stereocenters.